The highest BCUT2D eigenvalue weighted by molar-refractivity contribution is 6.35. The third-order valence-corrected chi connectivity index (χ3v) is 4.41. The van der Waals surface area contributed by atoms with Gasteiger partial charge in [-0.25, -0.2) is 4.79 Å². The molecule has 6 heteroatoms. The summed E-state index contributed by atoms with van der Waals surface area (Å²) in [6, 6.07) is 12.5. The summed E-state index contributed by atoms with van der Waals surface area (Å²) >= 11 is 12.0. The first-order chi connectivity index (χ1) is 11.4. The molecule has 2 aromatic carbocycles. The lowest BCUT2D eigenvalue weighted by Crippen LogP contribution is -2.39. The zero-order chi connectivity index (χ0) is 17.7. The molecule has 2 amide bonds. The van der Waals surface area contributed by atoms with Crippen molar-refractivity contribution in [3.05, 3.63) is 58.1 Å². The molecule has 2 rings (SSSR count). The molecule has 0 bridgehead atoms. The van der Waals surface area contributed by atoms with Gasteiger partial charge >= 0.3 is 6.03 Å². The average molecular weight is 367 g/mol. The van der Waals surface area contributed by atoms with Crippen LogP contribution in [0.5, 0.6) is 5.75 Å². The third kappa shape index (κ3) is 4.79. The number of hydrogen-bond acceptors (Lipinski definition) is 2. The predicted molar refractivity (Wildman–Crippen MR) is 99.4 cm³/mol. The van der Waals surface area contributed by atoms with Crippen LogP contribution in [0.4, 0.5) is 10.5 Å². The van der Waals surface area contributed by atoms with Gasteiger partial charge in [-0.15, -0.1) is 0 Å². The molecule has 24 heavy (non-hydrogen) atoms. The average Bonchev–Trinajstić information content (AvgIpc) is 2.58. The maximum Gasteiger partial charge on any atom is 0.321 e. The number of urea groups is 1. The van der Waals surface area contributed by atoms with Gasteiger partial charge in [-0.05, 0) is 49.2 Å². The van der Waals surface area contributed by atoms with Crippen molar-refractivity contribution in [1.29, 1.82) is 0 Å². The molecule has 0 aliphatic rings. The SMILES string of the molecule is COc1ccc(CC(C)N(C)C(=O)Nc2cc(Cl)ccc2Cl)cc1. The molecule has 0 heterocycles. The molecular weight excluding hydrogens is 347 g/mol. The van der Waals surface area contributed by atoms with Crippen LogP contribution in [0.3, 0.4) is 0 Å². The molecule has 0 fully saturated rings. The maximum atomic E-state index is 12.4. The Labute approximate surface area is 152 Å². The van der Waals surface area contributed by atoms with Crippen molar-refractivity contribution in [2.45, 2.75) is 19.4 Å². The van der Waals surface area contributed by atoms with Crippen molar-refractivity contribution in [2.75, 3.05) is 19.5 Å². The first-order valence-corrected chi connectivity index (χ1v) is 8.28. The van der Waals surface area contributed by atoms with Gasteiger partial charge in [-0.3, -0.25) is 0 Å². The predicted octanol–water partition coefficient (Wildman–Crippen LogP) is 5.10. The van der Waals surface area contributed by atoms with E-state index in [4.69, 9.17) is 27.9 Å². The number of nitrogens with one attached hydrogen (secondary N) is 1. The molecule has 0 aromatic heterocycles. The van der Waals surface area contributed by atoms with Crippen molar-refractivity contribution in [3.63, 3.8) is 0 Å². The van der Waals surface area contributed by atoms with Crippen molar-refractivity contribution in [3.8, 4) is 5.75 Å². The fourth-order valence-electron chi connectivity index (χ4n) is 2.24. The quantitative estimate of drug-likeness (QED) is 0.799. The second-order valence-electron chi connectivity index (χ2n) is 5.57. The minimum absolute atomic E-state index is 0.0105. The molecule has 1 N–H and O–H groups in total. The summed E-state index contributed by atoms with van der Waals surface area (Å²) in [6.45, 7) is 1.99. The number of likely N-dealkylation sites (N-methyl/N-ethyl adjacent to an activating group) is 1. The van der Waals surface area contributed by atoms with Crippen LogP contribution in [0, 0.1) is 0 Å². The summed E-state index contributed by atoms with van der Waals surface area (Å²) in [5.41, 5.74) is 1.63. The Kier molecular flexibility index (Phi) is 6.35. The Morgan fingerprint density at radius 3 is 2.50 bits per heavy atom. The number of carbonyl (C=O) groups excluding carboxylic acids is 1. The molecule has 128 valence electrons. The fourth-order valence-corrected chi connectivity index (χ4v) is 2.57. The van der Waals surface area contributed by atoms with E-state index >= 15 is 0 Å². The van der Waals surface area contributed by atoms with Crippen LogP contribution in [-0.2, 0) is 6.42 Å². The topological polar surface area (TPSA) is 41.6 Å². The zero-order valence-electron chi connectivity index (χ0n) is 13.8. The Balaban J connectivity index is 1.99. The standard InChI is InChI=1S/C18H20Cl2N2O2/c1-12(10-13-4-7-15(24-3)8-5-13)22(2)18(23)21-17-11-14(19)6-9-16(17)20/h4-9,11-12H,10H2,1-3H3,(H,21,23). The van der Waals surface area contributed by atoms with Crippen LogP contribution >= 0.6 is 23.2 Å². The van der Waals surface area contributed by atoms with Crippen molar-refractivity contribution >= 4 is 34.9 Å². The molecule has 0 saturated heterocycles. The van der Waals surface area contributed by atoms with E-state index in [2.05, 4.69) is 5.32 Å². The van der Waals surface area contributed by atoms with Crippen LogP contribution in [0.1, 0.15) is 12.5 Å². The van der Waals surface area contributed by atoms with E-state index in [1.807, 2.05) is 31.2 Å². The maximum absolute atomic E-state index is 12.4. The highest BCUT2D eigenvalue weighted by Gasteiger charge is 2.17. The van der Waals surface area contributed by atoms with E-state index in [9.17, 15) is 4.79 Å². The number of carbonyl (C=O) groups is 1. The summed E-state index contributed by atoms with van der Waals surface area (Å²) in [5, 5.41) is 3.75. The van der Waals surface area contributed by atoms with E-state index < -0.39 is 0 Å². The van der Waals surface area contributed by atoms with E-state index in [-0.39, 0.29) is 12.1 Å². The van der Waals surface area contributed by atoms with Gasteiger partial charge in [0.1, 0.15) is 5.75 Å². The molecular formula is C18H20Cl2N2O2. The molecule has 0 aliphatic carbocycles. The highest BCUT2D eigenvalue weighted by Crippen LogP contribution is 2.25. The number of benzene rings is 2. The molecule has 2 aromatic rings. The van der Waals surface area contributed by atoms with Crippen LogP contribution in [0.25, 0.3) is 0 Å². The summed E-state index contributed by atoms with van der Waals surface area (Å²) in [5.74, 6) is 0.813. The van der Waals surface area contributed by atoms with Gasteiger partial charge in [0.25, 0.3) is 0 Å². The second kappa shape index (κ2) is 8.27. The number of nitrogens with zero attached hydrogens (tertiary/aromatic N) is 1. The lowest BCUT2D eigenvalue weighted by molar-refractivity contribution is 0.207. The smallest absolute Gasteiger partial charge is 0.321 e. The summed E-state index contributed by atoms with van der Waals surface area (Å²) in [7, 11) is 3.39. The lowest BCUT2D eigenvalue weighted by atomic mass is 10.1. The first kappa shape index (κ1) is 18.4. The highest BCUT2D eigenvalue weighted by atomic mass is 35.5. The van der Waals surface area contributed by atoms with Gasteiger partial charge in [-0.1, -0.05) is 35.3 Å². The largest absolute Gasteiger partial charge is 0.497 e. The van der Waals surface area contributed by atoms with Crippen molar-refractivity contribution in [2.24, 2.45) is 0 Å². The molecule has 0 saturated carbocycles. The van der Waals surface area contributed by atoms with Gasteiger partial charge in [0.15, 0.2) is 0 Å². The molecule has 1 atom stereocenters. The Morgan fingerprint density at radius 2 is 1.88 bits per heavy atom. The normalized spacial score (nSPS) is 11.7. The monoisotopic (exact) mass is 366 g/mol. The lowest BCUT2D eigenvalue weighted by Gasteiger charge is -2.25. The summed E-state index contributed by atoms with van der Waals surface area (Å²) < 4.78 is 5.15. The molecule has 4 nitrogen and oxygen atoms in total. The van der Waals surface area contributed by atoms with Crippen LogP contribution < -0.4 is 10.1 Å². The fraction of sp³-hybridized carbons (Fsp3) is 0.278. The van der Waals surface area contributed by atoms with Crippen LogP contribution in [0.15, 0.2) is 42.5 Å². The number of hydrogen-bond donors (Lipinski definition) is 1. The number of rotatable bonds is 5. The minimum atomic E-state index is -0.236. The zero-order valence-corrected chi connectivity index (χ0v) is 15.4. The minimum Gasteiger partial charge on any atom is -0.497 e. The van der Waals surface area contributed by atoms with Crippen LogP contribution in [-0.4, -0.2) is 31.1 Å². The van der Waals surface area contributed by atoms with Crippen molar-refractivity contribution in [1.82, 2.24) is 4.90 Å². The van der Waals surface area contributed by atoms with Gasteiger partial charge in [0.2, 0.25) is 0 Å². The number of amides is 2. The molecule has 0 aliphatic heterocycles. The summed E-state index contributed by atoms with van der Waals surface area (Å²) in [6.07, 6.45) is 0.733. The van der Waals surface area contributed by atoms with Gasteiger partial charge in [-0.2, -0.15) is 0 Å². The number of halogens is 2. The van der Waals surface area contributed by atoms with Crippen LogP contribution in [0.2, 0.25) is 10.0 Å². The van der Waals surface area contributed by atoms with Gasteiger partial charge in [0, 0.05) is 18.1 Å². The Hall–Kier alpha value is -1.91. The van der Waals surface area contributed by atoms with E-state index in [1.165, 1.54) is 0 Å². The molecule has 0 radical (unpaired) electrons. The summed E-state index contributed by atoms with van der Waals surface area (Å²) in [4.78, 5) is 14.0. The molecule has 0 spiro atoms. The first-order valence-electron chi connectivity index (χ1n) is 7.52. The third-order valence-electron chi connectivity index (χ3n) is 3.84. The van der Waals surface area contributed by atoms with E-state index in [0.717, 1.165) is 17.7 Å². The number of ether oxygens (including phenoxy) is 1. The van der Waals surface area contributed by atoms with Gasteiger partial charge in [0.05, 0.1) is 17.8 Å². The van der Waals surface area contributed by atoms with E-state index in [1.54, 1.807) is 37.3 Å². The second-order valence-corrected chi connectivity index (χ2v) is 6.41. The van der Waals surface area contributed by atoms with Gasteiger partial charge < -0.3 is 15.0 Å². The molecule has 1 unspecified atom stereocenters. The van der Waals surface area contributed by atoms with E-state index in [0.29, 0.717) is 15.7 Å². The number of methoxy groups -OCH3 is 1. The Morgan fingerprint density at radius 1 is 1.21 bits per heavy atom. The number of anilines is 1. The Bertz CT molecular complexity index is 705. The van der Waals surface area contributed by atoms with Crippen molar-refractivity contribution < 1.29 is 9.53 Å².